The number of hydrogen-bond donors (Lipinski definition) is 2. The monoisotopic (exact) mass is 463 g/mol. The minimum Gasteiger partial charge on any atom is -0.348 e. The highest BCUT2D eigenvalue weighted by atomic mass is 16.1. The molecule has 0 aliphatic rings. The van der Waals surface area contributed by atoms with Crippen LogP contribution in [0.5, 0.6) is 0 Å². The normalized spacial score (nSPS) is 11.1. The Kier molecular flexibility index (Phi) is 5.74. The van der Waals surface area contributed by atoms with Crippen molar-refractivity contribution in [2.75, 3.05) is 0 Å². The summed E-state index contributed by atoms with van der Waals surface area (Å²) in [6, 6.07) is 22.7. The summed E-state index contributed by atoms with van der Waals surface area (Å²) in [5, 5.41) is 12.1. The van der Waals surface area contributed by atoms with Crippen LogP contribution in [0.1, 0.15) is 32.6 Å². The van der Waals surface area contributed by atoms with Gasteiger partial charge in [0.2, 0.25) is 0 Å². The fourth-order valence-electron chi connectivity index (χ4n) is 4.17. The van der Waals surface area contributed by atoms with Gasteiger partial charge in [-0.15, -0.1) is 0 Å². The molecule has 0 radical (unpaired) electrons. The highest BCUT2D eigenvalue weighted by Gasteiger charge is 2.18. The summed E-state index contributed by atoms with van der Waals surface area (Å²) in [7, 11) is 0. The number of amides is 1. The molecule has 2 N–H and O–H groups in total. The van der Waals surface area contributed by atoms with Crippen LogP contribution in [-0.4, -0.2) is 19.9 Å². The number of aryl methyl sites for hydroxylation is 2. The van der Waals surface area contributed by atoms with Gasteiger partial charge in [0, 0.05) is 12.7 Å². The van der Waals surface area contributed by atoms with Gasteiger partial charge >= 0.3 is 0 Å². The van der Waals surface area contributed by atoms with Gasteiger partial charge in [-0.05, 0) is 42.7 Å². The first kappa shape index (κ1) is 22.3. The number of nitrogens with one attached hydrogen (secondary N) is 2. The Hall–Kier alpha value is -4.52. The number of carbonyl (C=O) groups is 1. The summed E-state index contributed by atoms with van der Waals surface area (Å²) < 4.78 is 3.13. The molecule has 5 rings (SSSR count). The average Bonchev–Trinajstić information content (AvgIpc) is 2.86. The SMILES string of the molecule is Cc1ccc(CNC(=O)c2cc3c(=O)n4cccc(C)c4nc3n(Cc3ccccc3)c2=N)cc1. The summed E-state index contributed by atoms with van der Waals surface area (Å²) in [6.07, 6.45) is 1.67. The molecular weight excluding hydrogens is 438 g/mol. The maximum atomic E-state index is 13.5. The highest BCUT2D eigenvalue weighted by molar-refractivity contribution is 5.96. The van der Waals surface area contributed by atoms with Crippen LogP contribution in [-0.2, 0) is 13.1 Å². The minimum atomic E-state index is -0.409. The van der Waals surface area contributed by atoms with Crippen LogP contribution in [0, 0.1) is 19.3 Å². The highest BCUT2D eigenvalue weighted by Crippen LogP contribution is 2.14. The van der Waals surface area contributed by atoms with Crippen molar-refractivity contribution >= 4 is 22.6 Å². The summed E-state index contributed by atoms with van der Waals surface area (Å²) in [5.41, 5.74) is 4.66. The molecule has 0 aliphatic carbocycles. The topological polar surface area (TPSA) is 92.2 Å². The van der Waals surface area contributed by atoms with Gasteiger partial charge < -0.3 is 9.88 Å². The summed E-state index contributed by atoms with van der Waals surface area (Å²) in [5.74, 6) is -0.409. The average molecular weight is 464 g/mol. The predicted octanol–water partition coefficient (Wildman–Crippen LogP) is 3.72. The van der Waals surface area contributed by atoms with Crippen LogP contribution in [0.25, 0.3) is 16.7 Å². The number of pyridine rings is 2. The van der Waals surface area contributed by atoms with Crippen LogP contribution < -0.4 is 16.4 Å². The Morgan fingerprint density at radius 3 is 2.43 bits per heavy atom. The lowest BCUT2D eigenvalue weighted by atomic mass is 10.1. The number of benzene rings is 2. The van der Waals surface area contributed by atoms with E-state index in [1.54, 1.807) is 16.8 Å². The molecule has 7 heteroatoms. The number of hydrogen-bond acceptors (Lipinski definition) is 4. The first-order valence-electron chi connectivity index (χ1n) is 11.4. The Bertz CT molecular complexity index is 1680. The molecular formula is C28H25N5O2. The van der Waals surface area contributed by atoms with Crippen LogP contribution in [0.3, 0.4) is 0 Å². The van der Waals surface area contributed by atoms with Crippen molar-refractivity contribution in [1.82, 2.24) is 19.3 Å². The molecule has 5 aromatic rings. The third-order valence-corrected chi connectivity index (χ3v) is 6.14. The van der Waals surface area contributed by atoms with Gasteiger partial charge in [-0.25, -0.2) is 4.98 Å². The van der Waals surface area contributed by atoms with Gasteiger partial charge in [-0.3, -0.25) is 19.4 Å². The molecule has 0 aliphatic heterocycles. The van der Waals surface area contributed by atoms with Gasteiger partial charge in [-0.1, -0.05) is 66.2 Å². The van der Waals surface area contributed by atoms with Gasteiger partial charge in [-0.2, -0.15) is 0 Å². The lowest BCUT2D eigenvalue weighted by molar-refractivity contribution is 0.0948. The maximum Gasteiger partial charge on any atom is 0.267 e. The fourth-order valence-corrected chi connectivity index (χ4v) is 4.17. The molecule has 2 aromatic carbocycles. The standard InChI is InChI=1S/C28H25N5O2/c1-18-10-12-20(13-11-18)16-30-27(34)22-15-23-26(31-25-19(2)7-6-14-32(25)28(23)35)33(24(22)29)17-21-8-4-3-5-9-21/h3-15,29H,16-17H2,1-2H3,(H,30,34). The number of fused-ring (bicyclic) bond motifs is 2. The summed E-state index contributed by atoms with van der Waals surface area (Å²) in [4.78, 5) is 31.4. The van der Waals surface area contributed by atoms with Crippen molar-refractivity contribution < 1.29 is 4.79 Å². The van der Waals surface area contributed by atoms with E-state index in [-0.39, 0.29) is 16.6 Å². The first-order chi connectivity index (χ1) is 16.9. The minimum absolute atomic E-state index is 0.00703. The van der Waals surface area contributed by atoms with E-state index in [1.165, 1.54) is 10.5 Å². The van der Waals surface area contributed by atoms with E-state index >= 15 is 0 Å². The quantitative estimate of drug-likeness (QED) is 0.389. The van der Waals surface area contributed by atoms with Crippen molar-refractivity contribution in [2.24, 2.45) is 0 Å². The molecule has 174 valence electrons. The molecule has 7 nitrogen and oxygen atoms in total. The molecule has 0 bridgehead atoms. The first-order valence-corrected chi connectivity index (χ1v) is 11.4. The van der Waals surface area contributed by atoms with Crippen molar-refractivity contribution in [1.29, 1.82) is 5.41 Å². The Morgan fingerprint density at radius 1 is 0.943 bits per heavy atom. The molecule has 35 heavy (non-hydrogen) atoms. The number of aromatic nitrogens is 3. The zero-order valence-corrected chi connectivity index (χ0v) is 19.6. The molecule has 1 amide bonds. The zero-order valence-electron chi connectivity index (χ0n) is 19.6. The Labute approximate surface area is 201 Å². The fraction of sp³-hybridized carbons (Fsp3) is 0.143. The lowest BCUT2D eigenvalue weighted by Crippen LogP contribution is -2.35. The van der Waals surface area contributed by atoms with Gasteiger partial charge in [0.1, 0.15) is 16.8 Å². The predicted molar refractivity (Wildman–Crippen MR) is 135 cm³/mol. The smallest absolute Gasteiger partial charge is 0.267 e. The second-order valence-corrected chi connectivity index (χ2v) is 8.69. The van der Waals surface area contributed by atoms with Crippen LogP contribution in [0.2, 0.25) is 0 Å². The van der Waals surface area contributed by atoms with Crippen LogP contribution >= 0.6 is 0 Å². The summed E-state index contributed by atoms with van der Waals surface area (Å²) in [6.45, 7) is 4.53. The van der Waals surface area contributed by atoms with Gasteiger partial charge in [0.05, 0.1) is 17.5 Å². The molecule has 0 spiro atoms. The molecule has 0 fully saturated rings. The third kappa shape index (κ3) is 4.24. The number of nitrogens with zero attached hydrogens (tertiary/aromatic N) is 3. The zero-order chi connectivity index (χ0) is 24.5. The van der Waals surface area contributed by atoms with E-state index in [2.05, 4.69) is 5.32 Å². The molecule has 0 unspecified atom stereocenters. The molecule has 0 saturated heterocycles. The van der Waals surface area contributed by atoms with Crippen LogP contribution in [0.4, 0.5) is 0 Å². The Balaban J connectivity index is 1.67. The number of carbonyl (C=O) groups excluding carboxylic acids is 1. The van der Waals surface area contributed by atoms with Crippen molar-refractivity contribution in [3.63, 3.8) is 0 Å². The van der Waals surface area contributed by atoms with E-state index in [4.69, 9.17) is 10.4 Å². The maximum absolute atomic E-state index is 13.5. The largest absolute Gasteiger partial charge is 0.348 e. The molecule has 0 atom stereocenters. The van der Waals surface area contributed by atoms with Gasteiger partial charge in [0.25, 0.3) is 11.5 Å². The molecule has 3 heterocycles. The van der Waals surface area contributed by atoms with E-state index in [1.807, 2.05) is 74.5 Å². The van der Waals surface area contributed by atoms with Crippen molar-refractivity contribution in [3.05, 3.63) is 123 Å². The molecule has 3 aromatic heterocycles. The molecule has 0 saturated carbocycles. The van der Waals surface area contributed by atoms with E-state index in [0.29, 0.717) is 29.8 Å². The summed E-state index contributed by atoms with van der Waals surface area (Å²) >= 11 is 0. The second-order valence-electron chi connectivity index (χ2n) is 8.69. The van der Waals surface area contributed by atoms with Crippen molar-refractivity contribution in [2.45, 2.75) is 26.9 Å². The Morgan fingerprint density at radius 2 is 1.69 bits per heavy atom. The number of rotatable bonds is 5. The lowest BCUT2D eigenvalue weighted by Gasteiger charge is -2.15. The van der Waals surface area contributed by atoms with E-state index < -0.39 is 5.91 Å². The van der Waals surface area contributed by atoms with E-state index in [9.17, 15) is 9.59 Å². The van der Waals surface area contributed by atoms with Crippen LogP contribution in [0.15, 0.2) is 83.8 Å². The second kappa shape index (κ2) is 9.02. The van der Waals surface area contributed by atoms with Crippen molar-refractivity contribution in [3.8, 4) is 0 Å². The third-order valence-electron chi connectivity index (χ3n) is 6.14. The van der Waals surface area contributed by atoms with E-state index in [0.717, 1.165) is 22.3 Å². The van der Waals surface area contributed by atoms with Gasteiger partial charge in [0.15, 0.2) is 0 Å².